The van der Waals surface area contributed by atoms with Gasteiger partial charge in [-0.05, 0) is 31.2 Å². The van der Waals surface area contributed by atoms with Crippen LogP contribution in [-0.2, 0) is 22.7 Å². The molecule has 6 nitrogen and oxygen atoms in total. The van der Waals surface area contributed by atoms with Crippen LogP contribution in [0.1, 0.15) is 17.2 Å². The minimum absolute atomic E-state index is 0.0378. The number of furan rings is 1. The van der Waals surface area contributed by atoms with Gasteiger partial charge in [0.15, 0.2) is 11.5 Å². The second kappa shape index (κ2) is 6.32. The summed E-state index contributed by atoms with van der Waals surface area (Å²) >= 11 is 0.775. The normalized spacial score (nSPS) is 12.6. The van der Waals surface area contributed by atoms with E-state index in [1.54, 1.807) is 19.1 Å². The number of hydrogen-bond acceptors (Lipinski definition) is 6. The van der Waals surface area contributed by atoms with Crippen LogP contribution in [-0.4, -0.2) is 13.6 Å². The lowest BCUT2D eigenvalue weighted by atomic mass is 10.3. The molecule has 0 saturated heterocycles. The zero-order valence-corrected chi connectivity index (χ0v) is 14.3. The number of hydrogen-bond donors (Lipinski definition) is 1. The highest BCUT2D eigenvalue weighted by molar-refractivity contribution is 7.91. The number of alkyl halides is 3. The topological polar surface area (TPSA) is 85.3 Å². The molecule has 0 aromatic carbocycles. The lowest BCUT2D eigenvalue weighted by Gasteiger charge is -2.02. The monoisotopic (exact) mass is 392 g/mol. The van der Waals surface area contributed by atoms with Gasteiger partial charge in [-0.3, -0.25) is 0 Å². The molecular weight excluding hydrogens is 381 g/mol. The molecule has 134 valence electrons. The first-order valence-corrected chi connectivity index (χ1v) is 9.14. The second-order valence-electron chi connectivity index (χ2n) is 5.03. The van der Waals surface area contributed by atoms with Gasteiger partial charge < -0.3 is 8.94 Å². The summed E-state index contributed by atoms with van der Waals surface area (Å²) in [6.07, 6.45) is -4.63. The van der Waals surface area contributed by atoms with Crippen molar-refractivity contribution >= 4 is 21.4 Å². The van der Waals surface area contributed by atoms with Gasteiger partial charge in [0.25, 0.3) is 0 Å². The Balaban J connectivity index is 1.76. The quantitative estimate of drug-likeness (QED) is 0.714. The average Bonchev–Trinajstić information content (AvgIpc) is 3.24. The van der Waals surface area contributed by atoms with E-state index in [0.29, 0.717) is 11.5 Å². The smallest absolute Gasteiger partial charge is 0.436 e. The SMILES string of the molecule is Cc1ccc(CNS(=O)(=O)c2ccc(-c3cc(C(F)(F)F)no3)s2)o1. The lowest BCUT2D eigenvalue weighted by molar-refractivity contribution is -0.142. The molecule has 0 fully saturated rings. The first-order valence-electron chi connectivity index (χ1n) is 6.84. The Labute approximate surface area is 144 Å². The second-order valence-corrected chi connectivity index (χ2v) is 8.11. The number of aryl methyl sites for hydroxylation is 1. The van der Waals surface area contributed by atoms with Crippen LogP contribution in [0.4, 0.5) is 13.2 Å². The van der Waals surface area contributed by atoms with Crippen LogP contribution in [0.15, 0.2) is 43.5 Å². The fraction of sp³-hybridized carbons (Fsp3) is 0.214. The van der Waals surface area contributed by atoms with Crippen molar-refractivity contribution in [2.75, 3.05) is 0 Å². The van der Waals surface area contributed by atoms with Crippen LogP contribution >= 0.6 is 11.3 Å². The molecule has 0 atom stereocenters. The van der Waals surface area contributed by atoms with Crippen molar-refractivity contribution in [3.63, 3.8) is 0 Å². The summed E-state index contributed by atoms with van der Waals surface area (Å²) in [6.45, 7) is 1.69. The van der Waals surface area contributed by atoms with E-state index in [1.165, 1.54) is 12.1 Å². The molecule has 0 spiro atoms. The molecule has 0 bridgehead atoms. The summed E-state index contributed by atoms with van der Waals surface area (Å²) in [5, 5.41) is 2.94. The Morgan fingerprint density at radius 2 is 2.00 bits per heavy atom. The molecule has 0 aliphatic heterocycles. The summed E-state index contributed by atoms with van der Waals surface area (Å²) in [5.41, 5.74) is -1.17. The standard InChI is InChI=1S/C14H11F3N2O4S2/c1-8-2-3-9(22-8)7-18-25(20,21)13-5-4-11(24-13)10-6-12(19-23-10)14(15,16)17/h2-6,18H,7H2,1H3. The van der Waals surface area contributed by atoms with E-state index in [0.717, 1.165) is 17.4 Å². The van der Waals surface area contributed by atoms with E-state index >= 15 is 0 Å². The fourth-order valence-electron chi connectivity index (χ4n) is 1.94. The molecule has 0 aliphatic rings. The van der Waals surface area contributed by atoms with Crippen LogP contribution in [0.5, 0.6) is 0 Å². The zero-order valence-electron chi connectivity index (χ0n) is 12.6. The van der Waals surface area contributed by atoms with Gasteiger partial charge in [-0.25, -0.2) is 13.1 Å². The van der Waals surface area contributed by atoms with Crippen LogP contribution in [0, 0.1) is 6.92 Å². The van der Waals surface area contributed by atoms with Crippen molar-refractivity contribution in [1.82, 2.24) is 9.88 Å². The maximum absolute atomic E-state index is 12.5. The number of rotatable bonds is 5. The van der Waals surface area contributed by atoms with Gasteiger partial charge in [0.2, 0.25) is 10.0 Å². The highest BCUT2D eigenvalue weighted by Crippen LogP contribution is 2.35. The van der Waals surface area contributed by atoms with Crippen LogP contribution < -0.4 is 4.72 Å². The molecule has 0 radical (unpaired) electrons. The van der Waals surface area contributed by atoms with Crippen LogP contribution in [0.25, 0.3) is 10.6 Å². The van der Waals surface area contributed by atoms with Crippen molar-refractivity contribution in [2.24, 2.45) is 0 Å². The Bertz CT molecular complexity index is 986. The van der Waals surface area contributed by atoms with Crippen molar-refractivity contribution in [3.8, 4) is 10.6 Å². The average molecular weight is 392 g/mol. The van der Waals surface area contributed by atoms with Gasteiger partial charge in [-0.2, -0.15) is 13.2 Å². The summed E-state index contributed by atoms with van der Waals surface area (Å²) in [7, 11) is -3.83. The Morgan fingerprint density at radius 1 is 1.24 bits per heavy atom. The van der Waals surface area contributed by atoms with Gasteiger partial charge in [-0.1, -0.05) is 5.16 Å². The van der Waals surface area contributed by atoms with E-state index in [4.69, 9.17) is 4.42 Å². The van der Waals surface area contributed by atoms with E-state index in [9.17, 15) is 21.6 Å². The molecule has 0 unspecified atom stereocenters. The third-order valence-electron chi connectivity index (χ3n) is 3.12. The van der Waals surface area contributed by atoms with E-state index in [2.05, 4.69) is 14.4 Å². The Kier molecular flexibility index (Phi) is 4.47. The number of sulfonamides is 1. The van der Waals surface area contributed by atoms with Gasteiger partial charge in [-0.15, -0.1) is 11.3 Å². The largest absolute Gasteiger partial charge is 0.465 e. The lowest BCUT2D eigenvalue weighted by Crippen LogP contribution is -2.22. The number of nitrogens with one attached hydrogen (secondary N) is 1. The molecule has 3 aromatic rings. The van der Waals surface area contributed by atoms with Gasteiger partial charge in [0.05, 0.1) is 11.4 Å². The highest BCUT2D eigenvalue weighted by atomic mass is 32.2. The molecule has 3 aromatic heterocycles. The summed E-state index contributed by atoms with van der Waals surface area (Å²) < 4.78 is 74.3. The predicted molar refractivity (Wildman–Crippen MR) is 82.3 cm³/mol. The van der Waals surface area contributed by atoms with E-state index in [-0.39, 0.29) is 21.4 Å². The maximum atomic E-state index is 12.5. The van der Waals surface area contributed by atoms with Gasteiger partial charge in [0, 0.05) is 6.07 Å². The van der Waals surface area contributed by atoms with Crippen LogP contribution in [0.3, 0.4) is 0 Å². The van der Waals surface area contributed by atoms with Crippen molar-refractivity contribution in [2.45, 2.75) is 23.9 Å². The molecule has 11 heteroatoms. The summed E-state index contributed by atoms with van der Waals surface area (Å²) in [4.78, 5) is 0.220. The Morgan fingerprint density at radius 3 is 2.60 bits per heavy atom. The molecule has 3 rings (SSSR count). The Hall–Kier alpha value is -2.11. The third-order valence-corrected chi connectivity index (χ3v) is 6.11. The van der Waals surface area contributed by atoms with Crippen molar-refractivity contribution in [1.29, 1.82) is 0 Å². The molecule has 25 heavy (non-hydrogen) atoms. The van der Waals surface area contributed by atoms with E-state index in [1.807, 2.05) is 0 Å². The minimum atomic E-state index is -4.63. The number of thiophene rings is 1. The first kappa shape index (κ1) is 17.7. The number of aromatic nitrogens is 1. The summed E-state index contributed by atoms with van der Waals surface area (Å²) in [6, 6.07) is 6.71. The van der Waals surface area contributed by atoms with Crippen molar-refractivity contribution < 1.29 is 30.5 Å². The predicted octanol–water partition coefficient (Wildman–Crippen LogP) is 3.80. The van der Waals surface area contributed by atoms with E-state index < -0.39 is 21.9 Å². The zero-order chi connectivity index (χ0) is 18.2. The van der Waals surface area contributed by atoms with Crippen LogP contribution in [0.2, 0.25) is 0 Å². The molecule has 3 heterocycles. The molecule has 0 saturated carbocycles. The minimum Gasteiger partial charge on any atom is -0.465 e. The third kappa shape index (κ3) is 3.94. The molecule has 0 aliphatic carbocycles. The molecule has 0 amide bonds. The number of nitrogens with zero attached hydrogens (tertiary/aromatic N) is 1. The summed E-state index contributed by atoms with van der Waals surface area (Å²) in [5.74, 6) is 0.946. The highest BCUT2D eigenvalue weighted by Gasteiger charge is 2.35. The fourth-order valence-corrected chi connectivity index (χ4v) is 4.23. The van der Waals surface area contributed by atoms with Gasteiger partial charge in [0.1, 0.15) is 15.7 Å². The maximum Gasteiger partial charge on any atom is 0.436 e. The first-order chi connectivity index (χ1) is 11.6. The molecular formula is C14H11F3N2O4S2. The number of halogens is 3. The van der Waals surface area contributed by atoms with Gasteiger partial charge >= 0.3 is 6.18 Å². The van der Waals surface area contributed by atoms with Crippen molar-refractivity contribution in [3.05, 3.63) is 47.5 Å². The molecule has 1 N–H and O–H groups in total.